The minimum absolute atomic E-state index is 0.153. The van der Waals surface area contributed by atoms with Gasteiger partial charge in [-0.1, -0.05) is 30.3 Å². The van der Waals surface area contributed by atoms with Crippen LogP contribution in [-0.2, 0) is 11.4 Å². The summed E-state index contributed by atoms with van der Waals surface area (Å²) in [4.78, 5) is 11.4. The largest absolute Gasteiger partial charge is 0.489 e. The lowest BCUT2D eigenvalue weighted by Crippen LogP contribution is -2.33. The van der Waals surface area contributed by atoms with Crippen molar-refractivity contribution in [1.29, 1.82) is 0 Å². The van der Waals surface area contributed by atoms with Gasteiger partial charge < -0.3 is 14.8 Å². The van der Waals surface area contributed by atoms with Crippen LogP contribution in [0.2, 0.25) is 0 Å². The summed E-state index contributed by atoms with van der Waals surface area (Å²) in [6, 6.07) is 17.2. The highest BCUT2D eigenvalue weighted by Gasteiger charge is 2.12. The van der Waals surface area contributed by atoms with Crippen LogP contribution in [-0.4, -0.2) is 19.1 Å². The molecule has 1 N–H and O–H groups in total. The first-order valence-electron chi connectivity index (χ1n) is 6.84. The van der Waals surface area contributed by atoms with Crippen molar-refractivity contribution >= 4 is 5.91 Å². The summed E-state index contributed by atoms with van der Waals surface area (Å²) in [5, 5.41) is 2.55. The molecule has 0 spiro atoms. The average Bonchev–Trinajstić information content (AvgIpc) is 2.54. The Bertz CT molecular complexity index is 566. The van der Waals surface area contributed by atoms with Crippen LogP contribution in [0.5, 0.6) is 11.5 Å². The minimum Gasteiger partial charge on any atom is -0.489 e. The third-order valence-corrected chi connectivity index (χ3v) is 3.00. The van der Waals surface area contributed by atoms with E-state index in [4.69, 9.17) is 9.47 Å². The number of carbonyl (C=O) groups excluding carboxylic acids is 1. The Kier molecular flexibility index (Phi) is 5.21. The van der Waals surface area contributed by atoms with Crippen molar-refractivity contribution in [1.82, 2.24) is 5.32 Å². The molecule has 0 heterocycles. The number of benzene rings is 2. The van der Waals surface area contributed by atoms with E-state index in [1.165, 1.54) is 0 Å². The van der Waals surface area contributed by atoms with Gasteiger partial charge in [0, 0.05) is 7.05 Å². The maximum atomic E-state index is 11.4. The van der Waals surface area contributed by atoms with E-state index in [-0.39, 0.29) is 5.91 Å². The Morgan fingerprint density at radius 2 is 1.67 bits per heavy atom. The predicted molar refractivity (Wildman–Crippen MR) is 81.4 cm³/mol. The number of hydrogen-bond acceptors (Lipinski definition) is 3. The van der Waals surface area contributed by atoms with E-state index in [9.17, 15) is 4.79 Å². The normalized spacial score (nSPS) is 11.5. The Balaban J connectivity index is 1.88. The summed E-state index contributed by atoms with van der Waals surface area (Å²) < 4.78 is 11.2. The fourth-order valence-corrected chi connectivity index (χ4v) is 1.82. The van der Waals surface area contributed by atoms with Crippen LogP contribution in [0.1, 0.15) is 12.5 Å². The van der Waals surface area contributed by atoms with Crippen molar-refractivity contribution < 1.29 is 14.3 Å². The van der Waals surface area contributed by atoms with Gasteiger partial charge in [-0.05, 0) is 36.8 Å². The first kappa shape index (κ1) is 14.9. The molecule has 1 amide bonds. The van der Waals surface area contributed by atoms with E-state index in [2.05, 4.69) is 5.32 Å². The number of ether oxygens (including phenoxy) is 2. The van der Waals surface area contributed by atoms with Crippen LogP contribution in [0, 0.1) is 0 Å². The van der Waals surface area contributed by atoms with Gasteiger partial charge in [0.15, 0.2) is 6.10 Å². The van der Waals surface area contributed by atoms with Crippen LogP contribution in [0.15, 0.2) is 54.6 Å². The molecule has 0 aromatic heterocycles. The number of carbonyl (C=O) groups is 1. The molecule has 0 saturated carbocycles. The number of hydrogen-bond donors (Lipinski definition) is 1. The molecule has 0 aliphatic carbocycles. The monoisotopic (exact) mass is 285 g/mol. The molecule has 1 unspecified atom stereocenters. The highest BCUT2D eigenvalue weighted by molar-refractivity contribution is 5.80. The fraction of sp³-hybridized carbons (Fsp3) is 0.235. The van der Waals surface area contributed by atoms with E-state index >= 15 is 0 Å². The maximum absolute atomic E-state index is 11.4. The van der Waals surface area contributed by atoms with Gasteiger partial charge in [-0.3, -0.25) is 4.79 Å². The minimum atomic E-state index is -0.522. The van der Waals surface area contributed by atoms with Crippen LogP contribution in [0.4, 0.5) is 0 Å². The first-order valence-corrected chi connectivity index (χ1v) is 6.84. The van der Waals surface area contributed by atoms with Crippen molar-refractivity contribution in [3.63, 3.8) is 0 Å². The molecule has 21 heavy (non-hydrogen) atoms. The van der Waals surface area contributed by atoms with Gasteiger partial charge in [-0.25, -0.2) is 0 Å². The zero-order valence-electron chi connectivity index (χ0n) is 12.2. The van der Waals surface area contributed by atoms with Crippen molar-refractivity contribution in [2.45, 2.75) is 19.6 Å². The zero-order chi connectivity index (χ0) is 15.1. The second kappa shape index (κ2) is 7.33. The third kappa shape index (κ3) is 4.53. The van der Waals surface area contributed by atoms with E-state index in [1.807, 2.05) is 42.5 Å². The molecular weight excluding hydrogens is 266 g/mol. The van der Waals surface area contributed by atoms with Crippen LogP contribution in [0.3, 0.4) is 0 Å². The summed E-state index contributed by atoms with van der Waals surface area (Å²) in [5.74, 6) is 1.25. The summed E-state index contributed by atoms with van der Waals surface area (Å²) in [6.07, 6.45) is -0.522. The summed E-state index contributed by atoms with van der Waals surface area (Å²) >= 11 is 0. The van der Waals surface area contributed by atoms with Gasteiger partial charge in [0.05, 0.1) is 0 Å². The number of rotatable bonds is 6. The number of likely N-dealkylation sites (N-methyl/N-ethyl adjacent to an activating group) is 1. The summed E-state index contributed by atoms with van der Waals surface area (Å²) in [7, 11) is 1.59. The van der Waals surface area contributed by atoms with Crippen molar-refractivity contribution in [3.8, 4) is 11.5 Å². The molecule has 0 aliphatic rings. The quantitative estimate of drug-likeness (QED) is 0.887. The van der Waals surface area contributed by atoms with Gasteiger partial charge in [0.1, 0.15) is 18.1 Å². The molecule has 0 saturated heterocycles. The van der Waals surface area contributed by atoms with E-state index in [0.717, 1.165) is 11.3 Å². The Morgan fingerprint density at radius 1 is 1.05 bits per heavy atom. The molecule has 2 aromatic rings. The molecule has 0 bridgehead atoms. The lowest BCUT2D eigenvalue weighted by atomic mass is 10.2. The smallest absolute Gasteiger partial charge is 0.260 e. The summed E-state index contributed by atoms with van der Waals surface area (Å²) in [5.41, 5.74) is 1.12. The molecule has 4 heteroatoms. The molecule has 1 atom stereocenters. The van der Waals surface area contributed by atoms with Crippen LogP contribution < -0.4 is 14.8 Å². The molecule has 110 valence electrons. The van der Waals surface area contributed by atoms with Crippen molar-refractivity contribution in [3.05, 3.63) is 60.2 Å². The molecule has 0 radical (unpaired) electrons. The van der Waals surface area contributed by atoms with E-state index in [0.29, 0.717) is 12.4 Å². The number of nitrogens with one attached hydrogen (secondary N) is 1. The SMILES string of the molecule is CNC(=O)C(C)Oc1ccc(OCc2ccccc2)cc1. The number of amides is 1. The highest BCUT2D eigenvalue weighted by atomic mass is 16.5. The molecule has 2 aromatic carbocycles. The lowest BCUT2D eigenvalue weighted by Gasteiger charge is -2.13. The second-order valence-electron chi connectivity index (χ2n) is 4.62. The molecule has 2 rings (SSSR count). The van der Waals surface area contributed by atoms with Gasteiger partial charge >= 0.3 is 0 Å². The summed E-state index contributed by atoms with van der Waals surface area (Å²) in [6.45, 7) is 2.23. The second-order valence-corrected chi connectivity index (χ2v) is 4.62. The van der Waals surface area contributed by atoms with E-state index in [1.54, 1.807) is 26.1 Å². The topological polar surface area (TPSA) is 47.6 Å². The van der Waals surface area contributed by atoms with E-state index < -0.39 is 6.10 Å². The van der Waals surface area contributed by atoms with Gasteiger partial charge in [-0.2, -0.15) is 0 Å². The molecular formula is C17H19NO3. The fourth-order valence-electron chi connectivity index (χ4n) is 1.82. The van der Waals surface area contributed by atoms with Gasteiger partial charge in [0.25, 0.3) is 5.91 Å². The van der Waals surface area contributed by atoms with Gasteiger partial charge in [0.2, 0.25) is 0 Å². The van der Waals surface area contributed by atoms with Gasteiger partial charge in [-0.15, -0.1) is 0 Å². The van der Waals surface area contributed by atoms with Crippen LogP contribution in [0.25, 0.3) is 0 Å². The maximum Gasteiger partial charge on any atom is 0.260 e. The molecule has 4 nitrogen and oxygen atoms in total. The highest BCUT2D eigenvalue weighted by Crippen LogP contribution is 2.19. The van der Waals surface area contributed by atoms with Crippen molar-refractivity contribution in [2.75, 3.05) is 7.05 Å². The Labute approximate surface area is 124 Å². The zero-order valence-corrected chi connectivity index (χ0v) is 12.2. The molecule has 0 aliphatic heterocycles. The Morgan fingerprint density at radius 3 is 2.29 bits per heavy atom. The average molecular weight is 285 g/mol. The predicted octanol–water partition coefficient (Wildman–Crippen LogP) is 2.78. The molecule has 0 fully saturated rings. The third-order valence-electron chi connectivity index (χ3n) is 3.00. The first-order chi connectivity index (χ1) is 10.2. The van der Waals surface area contributed by atoms with Crippen LogP contribution >= 0.6 is 0 Å². The Hall–Kier alpha value is -2.49. The lowest BCUT2D eigenvalue weighted by molar-refractivity contribution is -0.126. The standard InChI is InChI=1S/C17H19NO3/c1-13(17(19)18-2)21-16-10-8-15(9-11-16)20-12-14-6-4-3-5-7-14/h3-11,13H,12H2,1-2H3,(H,18,19). The van der Waals surface area contributed by atoms with Crippen molar-refractivity contribution in [2.24, 2.45) is 0 Å².